The van der Waals surface area contributed by atoms with Crippen LogP contribution in [0.5, 0.6) is 0 Å². The molecule has 11 heteroatoms. The van der Waals surface area contributed by atoms with Crippen LogP contribution in [-0.4, -0.2) is 44.2 Å². The molecule has 27 heavy (non-hydrogen) atoms. The van der Waals surface area contributed by atoms with Gasteiger partial charge in [-0.05, 0) is 50.2 Å². The molecular weight excluding hydrogens is 392 g/mol. The van der Waals surface area contributed by atoms with Crippen molar-refractivity contribution in [2.24, 2.45) is 7.05 Å². The summed E-state index contributed by atoms with van der Waals surface area (Å²) < 4.78 is 1.67. The van der Waals surface area contributed by atoms with Crippen LogP contribution in [0.1, 0.15) is 30.1 Å². The van der Waals surface area contributed by atoms with E-state index in [0.717, 1.165) is 31.1 Å². The second-order valence-corrected chi connectivity index (χ2v) is 7.33. The molecule has 1 fully saturated rings. The van der Waals surface area contributed by atoms with Crippen LogP contribution >= 0.6 is 24.2 Å². The van der Waals surface area contributed by atoms with Gasteiger partial charge in [0, 0.05) is 30.8 Å². The van der Waals surface area contributed by atoms with E-state index in [0.29, 0.717) is 16.1 Å². The van der Waals surface area contributed by atoms with Crippen molar-refractivity contribution in [1.29, 1.82) is 0 Å². The highest BCUT2D eigenvalue weighted by Crippen LogP contribution is 2.34. The van der Waals surface area contributed by atoms with E-state index in [1.54, 1.807) is 23.7 Å². The molecule has 2 atom stereocenters. The van der Waals surface area contributed by atoms with Crippen molar-refractivity contribution < 1.29 is 9.72 Å². The third kappa shape index (κ3) is 5.18. The first-order valence-electron chi connectivity index (χ1n) is 8.28. The van der Waals surface area contributed by atoms with Gasteiger partial charge >= 0.3 is 0 Å². The van der Waals surface area contributed by atoms with Crippen LogP contribution in [0.4, 0.5) is 5.69 Å². The van der Waals surface area contributed by atoms with Crippen molar-refractivity contribution in [3.63, 3.8) is 0 Å². The van der Waals surface area contributed by atoms with E-state index in [4.69, 9.17) is 0 Å². The molecule has 0 bridgehead atoms. The molecular formula is C16H21ClN6O3S. The van der Waals surface area contributed by atoms with Gasteiger partial charge < -0.3 is 15.2 Å². The van der Waals surface area contributed by atoms with Crippen molar-refractivity contribution >= 4 is 35.8 Å². The second-order valence-electron chi connectivity index (χ2n) is 6.32. The highest BCUT2D eigenvalue weighted by molar-refractivity contribution is 7.99. The van der Waals surface area contributed by atoms with E-state index in [1.807, 2.05) is 0 Å². The van der Waals surface area contributed by atoms with E-state index in [-0.39, 0.29) is 35.6 Å². The SMILES string of the molecule is CC1CC(NC(=O)c2ccc(Sc3nncn3C)c([N+](=O)[O-])c2)CCN1.Cl. The first kappa shape index (κ1) is 21.1. The van der Waals surface area contributed by atoms with Crippen LogP contribution in [0.3, 0.4) is 0 Å². The first-order valence-corrected chi connectivity index (χ1v) is 9.10. The van der Waals surface area contributed by atoms with E-state index >= 15 is 0 Å². The van der Waals surface area contributed by atoms with Crippen molar-refractivity contribution in [2.75, 3.05) is 6.54 Å². The van der Waals surface area contributed by atoms with Crippen LogP contribution in [0.15, 0.2) is 34.6 Å². The maximum absolute atomic E-state index is 12.5. The summed E-state index contributed by atoms with van der Waals surface area (Å²) in [5.41, 5.74) is 0.162. The molecule has 0 spiro atoms. The average molecular weight is 413 g/mol. The topological polar surface area (TPSA) is 115 Å². The van der Waals surface area contributed by atoms with Crippen LogP contribution in [0.25, 0.3) is 0 Å². The predicted octanol–water partition coefficient (Wildman–Crippen LogP) is 2.17. The van der Waals surface area contributed by atoms with Crippen molar-refractivity contribution in [3.8, 4) is 0 Å². The molecule has 1 amide bonds. The number of nitrogens with zero attached hydrogens (tertiary/aromatic N) is 4. The summed E-state index contributed by atoms with van der Waals surface area (Å²) in [5, 5.41) is 26.0. The number of halogens is 1. The van der Waals surface area contributed by atoms with E-state index in [2.05, 4.69) is 27.8 Å². The molecule has 2 unspecified atom stereocenters. The fourth-order valence-electron chi connectivity index (χ4n) is 2.88. The summed E-state index contributed by atoms with van der Waals surface area (Å²) >= 11 is 1.14. The average Bonchev–Trinajstić information content (AvgIpc) is 3.00. The van der Waals surface area contributed by atoms with Gasteiger partial charge in [-0.2, -0.15) is 0 Å². The van der Waals surface area contributed by atoms with Crippen LogP contribution in [-0.2, 0) is 7.05 Å². The number of hydrogen-bond donors (Lipinski definition) is 2. The highest BCUT2D eigenvalue weighted by atomic mass is 35.5. The number of aromatic nitrogens is 3. The number of rotatable bonds is 5. The normalized spacial score (nSPS) is 19.2. The van der Waals surface area contributed by atoms with Crippen molar-refractivity contribution in [2.45, 2.75) is 41.9 Å². The van der Waals surface area contributed by atoms with Gasteiger partial charge in [0.1, 0.15) is 6.33 Å². The molecule has 0 aliphatic carbocycles. The number of carbonyl (C=O) groups excluding carboxylic acids is 1. The number of carbonyl (C=O) groups is 1. The zero-order valence-corrected chi connectivity index (χ0v) is 16.5. The Kier molecular flexibility index (Phi) is 7.17. The number of nitro groups is 1. The lowest BCUT2D eigenvalue weighted by Gasteiger charge is -2.28. The molecule has 1 saturated heterocycles. The maximum Gasteiger partial charge on any atom is 0.284 e. The monoisotopic (exact) mass is 412 g/mol. The molecule has 2 N–H and O–H groups in total. The zero-order valence-electron chi connectivity index (χ0n) is 14.9. The molecule has 0 radical (unpaired) electrons. The number of nitrogens with one attached hydrogen (secondary N) is 2. The summed E-state index contributed by atoms with van der Waals surface area (Å²) in [7, 11) is 1.76. The Bertz CT molecular complexity index is 830. The quantitative estimate of drug-likeness (QED) is 0.571. The lowest BCUT2D eigenvalue weighted by molar-refractivity contribution is -0.387. The summed E-state index contributed by atoms with van der Waals surface area (Å²) in [6.07, 6.45) is 3.21. The Balaban J connectivity index is 0.00000261. The summed E-state index contributed by atoms with van der Waals surface area (Å²) in [6.45, 7) is 2.92. The number of nitro benzene ring substituents is 1. The Morgan fingerprint density at radius 2 is 2.26 bits per heavy atom. The molecule has 2 heterocycles. The Labute approximate surface area is 166 Å². The minimum Gasteiger partial charge on any atom is -0.349 e. The van der Waals surface area contributed by atoms with Crippen molar-refractivity contribution in [3.05, 3.63) is 40.2 Å². The van der Waals surface area contributed by atoms with E-state index in [1.165, 1.54) is 12.4 Å². The van der Waals surface area contributed by atoms with Gasteiger partial charge in [-0.15, -0.1) is 22.6 Å². The lowest BCUT2D eigenvalue weighted by atomic mass is 10.0. The van der Waals surface area contributed by atoms with Gasteiger partial charge in [0.25, 0.3) is 11.6 Å². The summed E-state index contributed by atoms with van der Waals surface area (Å²) in [4.78, 5) is 23.9. The Hall–Kier alpha value is -2.17. The molecule has 1 aliphatic heterocycles. The first-order chi connectivity index (χ1) is 12.4. The van der Waals surface area contributed by atoms with Gasteiger partial charge in [-0.3, -0.25) is 14.9 Å². The molecule has 1 aliphatic rings. The van der Waals surface area contributed by atoms with Gasteiger partial charge in [0.15, 0.2) is 5.16 Å². The number of amides is 1. The molecule has 9 nitrogen and oxygen atoms in total. The summed E-state index contributed by atoms with van der Waals surface area (Å²) in [5.74, 6) is -0.289. The third-order valence-electron chi connectivity index (χ3n) is 4.25. The smallest absolute Gasteiger partial charge is 0.284 e. The minimum atomic E-state index is -0.484. The number of benzene rings is 1. The molecule has 1 aromatic carbocycles. The highest BCUT2D eigenvalue weighted by Gasteiger charge is 2.23. The standard InChI is InChI=1S/C16H20N6O3S.ClH/c1-10-7-12(5-6-17-10)19-15(23)11-3-4-14(13(8-11)22(24)25)26-16-20-18-9-21(16)2;/h3-4,8-10,12,17H,5-7H2,1-2H3,(H,19,23);1H. The van der Waals surface area contributed by atoms with E-state index < -0.39 is 4.92 Å². The Morgan fingerprint density at radius 1 is 1.48 bits per heavy atom. The molecule has 0 saturated carbocycles. The fraction of sp³-hybridized carbons (Fsp3) is 0.438. The van der Waals surface area contributed by atoms with Crippen molar-refractivity contribution in [1.82, 2.24) is 25.4 Å². The largest absolute Gasteiger partial charge is 0.349 e. The number of hydrogen-bond acceptors (Lipinski definition) is 7. The van der Waals surface area contributed by atoms with Gasteiger partial charge in [-0.25, -0.2) is 0 Å². The van der Waals surface area contributed by atoms with Gasteiger partial charge in [-0.1, -0.05) is 0 Å². The molecule has 1 aromatic heterocycles. The Morgan fingerprint density at radius 3 is 2.89 bits per heavy atom. The molecule has 3 rings (SSSR count). The molecule has 2 aromatic rings. The fourth-order valence-corrected chi connectivity index (χ4v) is 3.73. The molecule has 146 valence electrons. The lowest BCUT2D eigenvalue weighted by Crippen LogP contribution is -2.46. The third-order valence-corrected chi connectivity index (χ3v) is 5.37. The maximum atomic E-state index is 12.5. The number of piperidine rings is 1. The second kappa shape index (κ2) is 9.16. The predicted molar refractivity (Wildman–Crippen MR) is 103 cm³/mol. The van der Waals surface area contributed by atoms with Crippen LogP contribution in [0.2, 0.25) is 0 Å². The van der Waals surface area contributed by atoms with Crippen LogP contribution in [0, 0.1) is 10.1 Å². The number of aryl methyl sites for hydroxylation is 1. The van der Waals surface area contributed by atoms with Gasteiger partial charge in [0.05, 0.1) is 9.82 Å². The van der Waals surface area contributed by atoms with Gasteiger partial charge in [0.2, 0.25) is 0 Å². The zero-order chi connectivity index (χ0) is 18.7. The van der Waals surface area contributed by atoms with E-state index in [9.17, 15) is 14.9 Å². The minimum absolute atomic E-state index is 0. The summed E-state index contributed by atoms with van der Waals surface area (Å²) in [6, 6.07) is 4.92. The van der Waals surface area contributed by atoms with Crippen LogP contribution < -0.4 is 10.6 Å².